The fraction of sp³-hybridized carbons (Fsp3) is 0.0833. The maximum absolute atomic E-state index is 12.9. The maximum atomic E-state index is 12.9. The van der Waals surface area contributed by atoms with Crippen LogP contribution in [0.4, 0.5) is 0 Å². The summed E-state index contributed by atoms with van der Waals surface area (Å²) in [4.78, 5) is 25.5. The third-order valence-electron chi connectivity index (χ3n) is 4.29. The van der Waals surface area contributed by atoms with E-state index in [1.807, 2.05) is 73.7 Å². The van der Waals surface area contributed by atoms with Gasteiger partial charge in [-0.25, -0.2) is 0 Å². The van der Waals surface area contributed by atoms with Crippen LogP contribution in [-0.2, 0) is 4.79 Å². The number of rotatable bonds is 6. The molecule has 0 radical (unpaired) electrons. The molecule has 0 unspecified atom stereocenters. The van der Waals surface area contributed by atoms with Crippen LogP contribution < -0.4 is 10.6 Å². The van der Waals surface area contributed by atoms with E-state index in [-0.39, 0.29) is 23.6 Å². The molecule has 4 heteroatoms. The van der Waals surface area contributed by atoms with E-state index in [4.69, 9.17) is 0 Å². The van der Waals surface area contributed by atoms with Gasteiger partial charge in [0.05, 0.1) is 6.04 Å². The minimum atomic E-state index is -0.343. The van der Waals surface area contributed by atoms with E-state index >= 15 is 0 Å². The van der Waals surface area contributed by atoms with Gasteiger partial charge in [0, 0.05) is 5.56 Å². The summed E-state index contributed by atoms with van der Waals surface area (Å²) in [5.74, 6) is -0.671. The Morgan fingerprint density at radius 1 is 0.786 bits per heavy atom. The van der Waals surface area contributed by atoms with Crippen LogP contribution in [0.15, 0.2) is 96.7 Å². The van der Waals surface area contributed by atoms with Crippen LogP contribution in [0.5, 0.6) is 0 Å². The Morgan fingerprint density at radius 2 is 1.32 bits per heavy atom. The van der Waals surface area contributed by atoms with Crippen LogP contribution in [0.1, 0.15) is 34.5 Å². The minimum Gasteiger partial charge on any atom is -0.344 e. The average Bonchev–Trinajstić information content (AvgIpc) is 2.75. The van der Waals surface area contributed by atoms with Crippen molar-refractivity contribution in [3.05, 3.63) is 113 Å². The van der Waals surface area contributed by atoms with E-state index in [2.05, 4.69) is 10.6 Å². The molecule has 0 aromatic heterocycles. The summed E-state index contributed by atoms with van der Waals surface area (Å²) in [6.07, 6.45) is 1.67. The maximum Gasteiger partial charge on any atom is 0.268 e. The first kappa shape index (κ1) is 19.1. The molecule has 28 heavy (non-hydrogen) atoms. The number of hydrogen-bond acceptors (Lipinski definition) is 2. The smallest absolute Gasteiger partial charge is 0.268 e. The van der Waals surface area contributed by atoms with E-state index in [1.54, 1.807) is 30.3 Å². The Kier molecular flexibility index (Phi) is 6.37. The van der Waals surface area contributed by atoms with Gasteiger partial charge < -0.3 is 10.6 Å². The molecule has 0 aliphatic heterocycles. The zero-order chi connectivity index (χ0) is 19.8. The van der Waals surface area contributed by atoms with Crippen molar-refractivity contribution in [3.8, 4) is 0 Å². The average molecular weight is 370 g/mol. The van der Waals surface area contributed by atoms with Crippen LogP contribution in [0.25, 0.3) is 6.08 Å². The molecular formula is C24H22N2O2. The van der Waals surface area contributed by atoms with Crippen LogP contribution >= 0.6 is 0 Å². The van der Waals surface area contributed by atoms with Crippen molar-refractivity contribution in [3.63, 3.8) is 0 Å². The van der Waals surface area contributed by atoms with Crippen LogP contribution in [0.3, 0.4) is 0 Å². The SMILES string of the molecule is C[C@@H](NC(=O)/C(=C\c1ccccc1)NC(=O)c1ccccc1)c1ccccc1. The Balaban J connectivity index is 1.82. The molecule has 2 N–H and O–H groups in total. The van der Waals surface area contributed by atoms with Gasteiger partial charge in [0.2, 0.25) is 0 Å². The van der Waals surface area contributed by atoms with Gasteiger partial charge in [0.25, 0.3) is 11.8 Å². The van der Waals surface area contributed by atoms with Gasteiger partial charge in [-0.2, -0.15) is 0 Å². The largest absolute Gasteiger partial charge is 0.344 e. The number of benzene rings is 3. The van der Waals surface area contributed by atoms with Gasteiger partial charge >= 0.3 is 0 Å². The molecule has 3 rings (SSSR count). The monoisotopic (exact) mass is 370 g/mol. The molecule has 3 aromatic rings. The molecule has 0 bridgehead atoms. The summed E-state index contributed by atoms with van der Waals surface area (Å²) in [6, 6.07) is 27.7. The van der Waals surface area contributed by atoms with E-state index in [0.29, 0.717) is 5.56 Å². The molecule has 0 aliphatic rings. The highest BCUT2D eigenvalue weighted by Gasteiger charge is 2.17. The summed E-state index contributed by atoms with van der Waals surface area (Å²) in [6.45, 7) is 1.91. The van der Waals surface area contributed by atoms with Crippen molar-refractivity contribution in [1.82, 2.24) is 10.6 Å². The second-order valence-electron chi connectivity index (χ2n) is 6.39. The fourth-order valence-electron chi connectivity index (χ4n) is 2.76. The van der Waals surface area contributed by atoms with E-state index < -0.39 is 0 Å². The summed E-state index contributed by atoms with van der Waals surface area (Å²) in [7, 11) is 0. The lowest BCUT2D eigenvalue weighted by Gasteiger charge is -2.16. The molecule has 0 saturated heterocycles. The third kappa shape index (κ3) is 5.17. The summed E-state index contributed by atoms with van der Waals surface area (Å²) < 4.78 is 0. The van der Waals surface area contributed by atoms with Gasteiger partial charge in [-0.15, -0.1) is 0 Å². The summed E-state index contributed by atoms with van der Waals surface area (Å²) in [5.41, 5.74) is 2.51. The lowest BCUT2D eigenvalue weighted by atomic mass is 10.1. The molecule has 0 fully saturated rings. The van der Waals surface area contributed by atoms with Gasteiger partial charge in [0.15, 0.2) is 0 Å². The predicted octanol–water partition coefficient (Wildman–Crippen LogP) is 4.33. The lowest BCUT2D eigenvalue weighted by molar-refractivity contribution is -0.118. The van der Waals surface area contributed by atoms with Crippen molar-refractivity contribution in [2.75, 3.05) is 0 Å². The molecule has 2 amide bonds. The fourth-order valence-corrected chi connectivity index (χ4v) is 2.76. The zero-order valence-electron chi connectivity index (χ0n) is 15.6. The number of nitrogens with one attached hydrogen (secondary N) is 2. The van der Waals surface area contributed by atoms with Gasteiger partial charge in [-0.1, -0.05) is 78.9 Å². The van der Waals surface area contributed by atoms with Crippen molar-refractivity contribution >= 4 is 17.9 Å². The van der Waals surface area contributed by atoms with Gasteiger partial charge in [-0.05, 0) is 36.3 Å². The molecular weight excluding hydrogens is 348 g/mol. The highest BCUT2D eigenvalue weighted by molar-refractivity contribution is 6.05. The van der Waals surface area contributed by atoms with Gasteiger partial charge in [0.1, 0.15) is 5.70 Å². The molecule has 4 nitrogen and oxygen atoms in total. The third-order valence-corrected chi connectivity index (χ3v) is 4.29. The van der Waals surface area contributed by atoms with E-state index in [9.17, 15) is 9.59 Å². The molecule has 0 aliphatic carbocycles. The van der Waals surface area contributed by atoms with Crippen LogP contribution in [-0.4, -0.2) is 11.8 Å². The quantitative estimate of drug-likeness (QED) is 0.634. The molecule has 0 spiro atoms. The first-order valence-corrected chi connectivity index (χ1v) is 9.12. The van der Waals surface area contributed by atoms with E-state index in [0.717, 1.165) is 11.1 Å². The highest BCUT2D eigenvalue weighted by atomic mass is 16.2. The van der Waals surface area contributed by atoms with Crippen molar-refractivity contribution in [2.24, 2.45) is 0 Å². The molecule has 3 aromatic carbocycles. The van der Waals surface area contributed by atoms with Crippen molar-refractivity contribution in [2.45, 2.75) is 13.0 Å². The van der Waals surface area contributed by atoms with Gasteiger partial charge in [-0.3, -0.25) is 9.59 Å². The summed E-state index contributed by atoms with van der Waals surface area (Å²) in [5, 5.41) is 5.70. The standard InChI is InChI=1S/C24H22N2O2/c1-18(20-13-7-3-8-14-20)25-24(28)22(17-19-11-5-2-6-12-19)26-23(27)21-15-9-4-10-16-21/h2-18H,1H3,(H,25,28)(H,26,27)/b22-17+/t18-/m1/s1. The molecule has 0 saturated carbocycles. The van der Waals surface area contributed by atoms with Crippen LogP contribution in [0.2, 0.25) is 0 Å². The number of amides is 2. The number of hydrogen-bond donors (Lipinski definition) is 2. The van der Waals surface area contributed by atoms with Crippen molar-refractivity contribution < 1.29 is 9.59 Å². The topological polar surface area (TPSA) is 58.2 Å². The molecule has 1 atom stereocenters. The van der Waals surface area contributed by atoms with E-state index in [1.165, 1.54) is 0 Å². The first-order valence-electron chi connectivity index (χ1n) is 9.12. The molecule has 0 heterocycles. The number of carbonyl (C=O) groups excluding carboxylic acids is 2. The predicted molar refractivity (Wildman–Crippen MR) is 111 cm³/mol. The Labute approximate surface area is 164 Å². The Bertz CT molecular complexity index is 952. The second kappa shape index (κ2) is 9.33. The zero-order valence-corrected chi connectivity index (χ0v) is 15.6. The highest BCUT2D eigenvalue weighted by Crippen LogP contribution is 2.13. The Morgan fingerprint density at radius 3 is 1.93 bits per heavy atom. The normalized spacial score (nSPS) is 12.1. The minimum absolute atomic E-state index is 0.193. The number of carbonyl (C=O) groups is 2. The Hall–Kier alpha value is -3.66. The van der Waals surface area contributed by atoms with Crippen LogP contribution in [0, 0.1) is 0 Å². The summed E-state index contributed by atoms with van der Waals surface area (Å²) >= 11 is 0. The first-order chi connectivity index (χ1) is 13.6. The second-order valence-corrected chi connectivity index (χ2v) is 6.39. The lowest BCUT2D eigenvalue weighted by Crippen LogP contribution is -2.36. The molecule has 140 valence electrons. The van der Waals surface area contributed by atoms with Crippen molar-refractivity contribution in [1.29, 1.82) is 0 Å².